The van der Waals surface area contributed by atoms with Crippen molar-refractivity contribution < 1.29 is 28.8 Å². The minimum Gasteiger partial charge on any atom is -0.507 e. The van der Waals surface area contributed by atoms with Crippen molar-refractivity contribution in [3.05, 3.63) is 96.1 Å². The molecule has 4 aromatic carbocycles. The number of ether oxygens (including phenoxy) is 4. The molecule has 0 radical (unpaired) electrons. The number of azo groups is 1. The maximum absolute atomic E-state index is 12.7. The molecule has 9 heteroatoms. The Bertz CT molecular complexity index is 1550. The number of rotatable bonds is 14. The third kappa shape index (κ3) is 9.16. The van der Waals surface area contributed by atoms with E-state index < -0.39 is 5.97 Å². The lowest BCUT2D eigenvalue weighted by Gasteiger charge is -2.09. The first-order valence-electron chi connectivity index (χ1n) is 14.0. The van der Waals surface area contributed by atoms with Gasteiger partial charge < -0.3 is 24.1 Å². The van der Waals surface area contributed by atoms with Gasteiger partial charge in [-0.3, -0.25) is 4.99 Å². The van der Waals surface area contributed by atoms with Crippen molar-refractivity contribution >= 4 is 29.2 Å². The molecule has 9 nitrogen and oxygen atoms in total. The number of hydrogen-bond acceptors (Lipinski definition) is 9. The summed E-state index contributed by atoms with van der Waals surface area (Å²) >= 11 is 0. The van der Waals surface area contributed by atoms with E-state index in [2.05, 4.69) is 22.1 Å². The van der Waals surface area contributed by atoms with E-state index in [0.717, 1.165) is 18.6 Å². The molecular weight excluding hydrogens is 546 g/mol. The molecule has 0 saturated carbocycles. The molecule has 222 valence electrons. The molecule has 1 N–H and O–H groups in total. The number of carbonyl (C=O) groups is 1. The summed E-state index contributed by atoms with van der Waals surface area (Å²) in [6, 6.07) is 23.9. The molecule has 0 amide bonds. The highest BCUT2D eigenvalue weighted by molar-refractivity contribution is 5.91. The topological polar surface area (TPSA) is 111 Å². The number of esters is 1. The minimum atomic E-state index is -0.490. The number of nitrogens with zero attached hydrogens (tertiary/aromatic N) is 3. The number of hydrogen-bond donors (Lipinski definition) is 1. The van der Waals surface area contributed by atoms with E-state index in [-0.39, 0.29) is 5.75 Å². The van der Waals surface area contributed by atoms with Crippen LogP contribution in [0.1, 0.15) is 48.5 Å². The number of phenolic OH excluding ortho intramolecular Hbond substituents is 1. The Morgan fingerprint density at radius 1 is 0.767 bits per heavy atom. The van der Waals surface area contributed by atoms with E-state index in [1.54, 1.807) is 85.1 Å². The van der Waals surface area contributed by atoms with E-state index in [4.69, 9.17) is 18.9 Å². The number of benzene rings is 4. The lowest BCUT2D eigenvalue weighted by Crippen LogP contribution is -2.08. The Balaban J connectivity index is 1.33. The van der Waals surface area contributed by atoms with E-state index in [1.807, 2.05) is 0 Å². The predicted molar refractivity (Wildman–Crippen MR) is 167 cm³/mol. The average molecular weight is 582 g/mol. The second kappa shape index (κ2) is 15.7. The molecular formula is C34H35N3O6. The zero-order chi connectivity index (χ0) is 30.4. The first-order valence-corrected chi connectivity index (χ1v) is 14.0. The molecule has 0 aliphatic heterocycles. The number of methoxy groups -OCH3 is 2. The number of carbonyl (C=O) groups excluding carboxylic acids is 1. The molecule has 0 bridgehead atoms. The number of aromatic hydroxyl groups is 1. The lowest BCUT2D eigenvalue weighted by molar-refractivity contribution is 0.0734. The molecule has 0 spiro atoms. The fourth-order valence-corrected chi connectivity index (χ4v) is 4.00. The average Bonchev–Trinajstić information content (AvgIpc) is 3.04. The van der Waals surface area contributed by atoms with E-state index in [9.17, 15) is 9.90 Å². The number of aliphatic imine (C=N–C) groups is 1. The van der Waals surface area contributed by atoms with Crippen LogP contribution in [-0.2, 0) is 0 Å². The van der Waals surface area contributed by atoms with Crippen LogP contribution >= 0.6 is 0 Å². The third-order valence-electron chi connectivity index (χ3n) is 6.43. The Morgan fingerprint density at radius 2 is 1.49 bits per heavy atom. The Morgan fingerprint density at radius 3 is 2.19 bits per heavy atom. The van der Waals surface area contributed by atoms with Crippen LogP contribution in [0.25, 0.3) is 0 Å². The molecule has 0 aliphatic rings. The molecule has 0 heterocycles. The first kappa shape index (κ1) is 30.8. The van der Waals surface area contributed by atoms with Crippen molar-refractivity contribution in [1.82, 2.24) is 0 Å². The number of unbranched alkanes of at least 4 members (excludes halogenated alkanes) is 3. The predicted octanol–water partition coefficient (Wildman–Crippen LogP) is 8.75. The second-order valence-electron chi connectivity index (χ2n) is 9.56. The maximum Gasteiger partial charge on any atom is 0.343 e. The van der Waals surface area contributed by atoms with Crippen LogP contribution in [-0.4, -0.2) is 38.1 Å². The van der Waals surface area contributed by atoms with Crippen LogP contribution < -0.4 is 18.9 Å². The molecule has 0 fully saturated rings. The van der Waals surface area contributed by atoms with Gasteiger partial charge in [-0.05, 0) is 79.2 Å². The molecule has 0 saturated heterocycles. The van der Waals surface area contributed by atoms with Crippen molar-refractivity contribution in [1.29, 1.82) is 0 Å². The van der Waals surface area contributed by atoms with Gasteiger partial charge in [-0.2, -0.15) is 5.11 Å². The van der Waals surface area contributed by atoms with E-state index >= 15 is 0 Å². The second-order valence-corrected chi connectivity index (χ2v) is 9.56. The molecule has 4 rings (SSSR count). The van der Waals surface area contributed by atoms with Crippen molar-refractivity contribution in [3.63, 3.8) is 0 Å². The van der Waals surface area contributed by atoms with Gasteiger partial charge in [0.2, 0.25) is 0 Å². The summed E-state index contributed by atoms with van der Waals surface area (Å²) in [5.74, 6) is 1.60. The lowest BCUT2D eigenvalue weighted by atomic mass is 10.2. The van der Waals surface area contributed by atoms with Crippen LogP contribution in [0.15, 0.2) is 100 Å². The van der Waals surface area contributed by atoms with Gasteiger partial charge in [0.25, 0.3) is 0 Å². The SMILES string of the molecule is CCCCCCOc1ccc(C(=O)Oc2ccc(N=Nc3ccc(N=Cc4ccc(OC)cc4O)cc3)c(OC)c2)cc1. The van der Waals surface area contributed by atoms with Gasteiger partial charge in [0.15, 0.2) is 0 Å². The van der Waals surface area contributed by atoms with Crippen molar-refractivity contribution in [2.45, 2.75) is 32.6 Å². The third-order valence-corrected chi connectivity index (χ3v) is 6.43. The summed E-state index contributed by atoms with van der Waals surface area (Å²) in [7, 11) is 3.05. The zero-order valence-electron chi connectivity index (χ0n) is 24.5. The van der Waals surface area contributed by atoms with Crippen LogP contribution in [0.5, 0.6) is 28.7 Å². The largest absolute Gasteiger partial charge is 0.507 e. The summed E-state index contributed by atoms with van der Waals surface area (Å²) in [5.41, 5.74) is 2.75. The minimum absolute atomic E-state index is 0.0795. The van der Waals surface area contributed by atoms with Gasteiger partial charge >= 0.3 is 5.97 Å². The van der Waals surface area contributed by atoms with Gasteiger partial charge in [0, 0.05) is 23.9 Å². The quantitative estimate of drug-likeness (QED) is 0.0524. The monoisotopic (exact) mass is 581 g/mol. The number of phenols is 1. The van der Waals surface area contributed by atoms with E-state index in [0.29, 0.717) is 52.0 Å². The fraction of sp³-hybridized carbons (Fsp3) is 0.235. The molecule has 0 unspecified atom stereocenters. The standard InChI is InChI=1S/C34H35N3O6/c1-4-5-6-7-20-42-28-15-8-24(9-16-28)34(39)43-30-18-19-31(33(22-30)41-3)37-36-27-13-11-26(12-14-27)35-23-25-10-17-29(40-2)21-32(25)38/h8-19,21-23,38H,4-7,20H2,1-3H3. The molecule has 4 aromatic rings. The van der Waals surface area contributed by atoms with Gasteiger partial charge in [-0.25, -0.2) is 4.79 Å². The maximum atomic E-state index is 12.7. The van der Waals surface area contributed by atoms with Gasteiger partial charge in [-0.1, -0.05) is 26.2 Å². The summed E-state index contributed by atoms with van der Waals surface area (Å²) < 4.78 is 21.8. The molecule has 0 aromatic heterocycles. The van der Waals surface area contributed by atoms with Crippen LogP contribution in [0.3, 0.4) is 0 Å². The highest BCUT2D eigenvalue weighted by Crippen LogP contribution is 2.33. The summed E-state index contributed by atoms with van der Waals surface area (Å²) in [5, 5.41) is 18.7. The highest BCUT2D eigenvalue weighted by atomic mass is 16.5. The van der Waals surface area contributed by atoms with Crippen LogP contribution in [0, 0.1) is 0 Å². The Kier molecular flexibility index (Phi) is 11.2. The Hall–Kier alpha value is -5.18. The van der Waals surface area contributed by atoms with Crippen LogP contribution in [0.4, 0.5) is 17.1 Å². The first-order chi connectivity index (χ1) is 21.0. The fourth-order valence-electron chi connectivity index (χ4n) is 4.00. The van der Waals surface area contributed by atoms with Crippen molar-refractivity contribution in [2.24, 2.45) is 15.2 Å². The van der Waals surface area contributed by atoms with Gasteiger partial charge in [0.05, 0.1) is 37.8 Å². The van der Waals surface area contributed by atoms with Crippen molar-refractivity contribution in [2.75, 3.05) is 20.8 Å². The molecule has 0 aliphatic carbocycles. The summed E-state index contributed by atoms with van der Waals surface area (Å²) in [6.45, 7) is 2.83. The highest BCUT2D eigenvalue weighted by Gasteiger charge is 2.12. The molecule has 0 atom stereocenters. The summed E-state index contributed by atoms with van der Waals surface area (Å²) in [4.78, 5) is 17.1. The zero-order valence-corrected chi connectivity index (χ0v) is 24.5. The Labute approximate surface area is 251 Å². The van der Waals surface area contributed by atoms with Gasteiger partial charge in [0.1, 0.15) is 34.4 Å². The van der Waals surface area contributed by atoms with Crippen molar-refractivity contribution in [3.8, 4) is 28.7 Å². The van der Waals surface area contributed by atoms with Gasteiger partial charge in [-0.15, -0.1) is 5.11 Å². The summed E-state index contributed by atoms with van der Waals surface area (Å²) in [6.07, 6.45) is 6.11. The van der Waals surface area contributed by atoms with Crippen LogP contribution in [0.2, 0.25) is 0 Å². The molecule has 43 heavy (non-hydrogen) atoms. The van der Waals surface area contributed by atoms with E-state index in [1.165, 1.54) is 33.1 Å². The normalized spacial score (nSPS) is 11.1. The smallest absolute Gasteiger partial charge is 0.343 e.